The molecule has 9 heteroatoms. The molecule has 37 heavy (non-hydrogen) atoms. The van der Waals surface area contributed by atoms with Crippen LogP contribution in [0.5, 0.6) is 0 Å². The van der Waals surface area contributed by atoms with Gasteiger partial charge in [0.05, 0.1) is 11.8 Å². The molecule has 0 spiro atoms. The highest BCUT2D eigenvalue weighted by Gasteiger charge is 2.33. The highest BCUT2D eigenvalue weighted by Crippen LogP contribution is 2.31. The Kier molecular flexibility index (Phi) is 8.53. The van der Waals surface area contributed by atoms with Crippen LogP contribution in [0.25, 0.3) is 6.08 Å². The number of nitrogens with zero attached hydrogens (tertiary/aromatic N) is 5. The van der Waals surface area contributed by atoms with E-state index in [4.69, 9.17) is 5.11 Å². The van der Waals surface area contributed by atoms with Crippen LogP contribution < -0.4 is 14.7 Å². The van der Waals surface area contributed by atoms with E-state index in [1.165, 1.54) is 17.5 Å². The maximum Gasteiger partial charge on any atom is 0.328 e. The molecule has 9 nitrogen and oxygen atoms in total. The first-order chi connectivity index (χ1) is 17.7. The summed E-state index contributed by atoms with van der Waals surface area (Å²) in [6.07, 6.45) is 6.84. The predicted molar refractivity (Wildman–Crippen MR) is 146 cm³/mol. The minimum absolute atomic E-state index is 0.0560. The van der Waals surface area contributed by atoms with Crippen LogP contribution in [0.15, 0.2) is 36.4 Å². The number of rotatable bonds is 8. The smallest absolute Gasteiger partial charge is 0.328 e. The molecule has 2 heterocycles. The molecule has 2 aliphatic rings. The summed E-state index contributed by atoms with van der Waals surface area (Å²) in [6.45, 7) is 2.45. The van der Waals surface area contributed by atoms with E-state index < -0.39 is 5.97 Å². The van der Waals surface area contributed by atoms with Gasteiger partial charge < -0.3 is 20.0 Å². The highest BCUT2D eigenvalue weighted by atomic mass is 16.4. The first-order valence-electron chi connectivity index (χ1n) is 13.2. The molecular weight excluding hydrogens is 470 g/mol. The number of benzene rings is 1. The van der Waals surface area contributed by atoms with E-state index in [-0.39, 0.29) is 17.9 Å². The van der Waals surface area contributed by atoms with E-state index in [9.17, 15) is 14.7 Å². The summed E-state index contributed by atoms with van der Waals surface area (Å²) in [5.74, 6) is -0.195. The number of anilines is 3. The van der Waals surface area contributed by atoms with E-state index in [1.807, 2.05) is 19.0 Å². The van der Waals surface area contributed by atoms with Crippen molar-refractivity contribution in [3.05, 3.63) is 42.1 Å². The fourth-order valence-electron chi connectivity index (χ4n) is 5.34. The lowest BCUT2D eigenvalue weighted by Gasteiger charge is -2.37. The zero-order valence-electron chi connectivity index (χ0n) is 22.1. The Labute approximate surface area is 219 Å². The Morgan fingerprint density at radius 1 is 1.05 bits per heavy atom. The van der Waals surface area contributed by atoms with E-state index in [2.05, 4.69) is 39.2 Å². The third-order valence-electron chi connectivity index (χ3n) is 7.67. The molecule has 0 radical (unpaired) electrons. The third kappa shape index (κ3) is 6.71. The summed E-state index contributed by atoms with van der Waals surface area (Å²) < 4.78 is 1.61. The van der Waals surface area contributed by atoms with E-state index in [1.54, 1.807) is 17.8 Å². The lowest BCUT2D eigenvalue weighted by Crippen LogP contribution is -2.44. The SMILES string of the molecule is CN(C)c1ccc(N2CCC(CN(C(=O)C3CCC(O)CC3)c3cc(/C=C/C(=O)O)n(C)n3)CC2)cc1. The Bertz CT molecular complexity index is 1090. The quantitative estimate of drug-likeness (QED) is 0.526. The lowest BCUT2D eigenvalue weighted by molar-refractivity contribution is -0.131. The fraction of sp³-hybridized carbons (Fsp3) is 0.536. The van der Waals surface area contributed by atoms with Crippen LogP contribution in [0.1, 0.15) is 44.2 Å². The number of carboxylic acids is 1. The van der Waals surface area contributed by atoms with Gasteiger partial charge in [-0.3, -0.25) is 14.4 Å². The second-order valence-corrected chi connectivity index (χ2v) is 10.5. The second-order valence-electron chi connectivity index (χ2n) is 10.5. The van der Waals surface area contributed by atoms with Crippen molar-refractivity contribution in [3.8, 4) is 0 Å². The van der Waals surface area contributed by atoms with Gasteiger partial charge in [-0.1, -0.05) is 0 Å². The van der Waals surface area contributed by atoms with Gasteiger partial charge in [-0.15, -0.1) is 0 Å². The number of hydrogen-bond donors (Lipinski definition) is 2. The highest BCUT2D eigenvalue weighted by molar-refractivity contribution is 5.94. The number of aliphatic carboxylic acids is 1. The number of carboxylic acid groups (broad SMARTS) is 1. The second kappa shape index (κ2) is 11.8. The molecule has 1 aliphatic heterocycles. The summed E-state index contributed by atoms with van der Waals surface area (Å²) >= 11 is 0. The van der Waals surface area contributed by atoms with Crippen molar-refractivity contribution in [2.45, 2.75) is 44.6 Å². The zero-order valence-corrected chi connectivity index (χ0v) is 22.1. The van der Waals surface area contributed by atoms with E-state index in [0.717, 1.165) is 32.0 Å². The normalized spacial score (nSPS) is 20.8. The first-order valence-corrected chi connectivity index (χ1v) is 13.2. The van der Waals surface area contributed by atoms with Gasteiger partial charge in [-0.05, 0) is 74.8 Å². The van der Waals surface area contributed by atoms with Crippen LogP contribution in [0, 0.1) is 11.8 Å². The lowest BCUT2D eigenvalue weighted by atomic mass is 9.86. The van der Waals surface area contributed by atoms with Gasteiger partial charge in [0.15, 0.2) is 5.82 Å². The van der Waals surface area contributed by atoms with Crippen molar-refractivity contribution in [2.75, 3.05) is 48.4 Å². The molecule has 2 N–H and O–H groups in total. The topological polar surface area (TPSA) is 102 Å². The molecule has 1 saturated carbocycles. The van der Waals surface area contributed by atoms with E-state index in [0.29, 0.717) is 49.7 Å². The molecule has 2 aromatic rings. The monoisotopic (exact) mass is 509 g/mol. The summed E-state index contributed by atoms with van der Waals surface area (Å²) in [6, 6.07) is 10.4. The average molecular weight is 510 g/mol. The van der Waals surface area contributed by atoms with Crippen LogP contribution in [-0.4, -0.2) is 71.7 Å². The standard InChI is InChI=1S/C28H39N5O4/c1-30(2)22-6-8-23(9-7-22)32-16-14-20(15-17-32)19-33(28(37)21-4-11-25(34)12-5-21)26-18-24(31(3)29-26)10-13-27(35)36/h6-10,13,18,20-21,25,34H,4-5,11-12,14-17,19H2,1-3H3,(H,35,36)/b13-10+. The number of carbonyl (C=O) groups excluding carboxylic acids is 1. The van der Waals surface area contributed by atoms with Crippen molar-refractivity contribution >= 4 is 35.1 Å². The minimum atomic E-state index is -1.03. The molecule has 0 bridgehead atoms. The number of aryl methyl sites for hydroxylation is 1. The molecule has 1 aromatic heterocycles. The minimum Gasteiger partial charge on any atom is -0.478 e. The predicted octanol–water partition coefficient (Wildman–Crippen LogP) is 3.38. The van der Waals surface area contributed by atoms with Crippen LogP contribution in [0.3, 0.4) is 0 Å². The number of aromatic nitrogens is 2. The van der Waals surface area contributed by atoms with Gasteiger partial charge in [0.1, 0.15) is 0 Å². The number of piperidine rings is 1. The molecule has 1 saturated heterocycles. The largest absolute Gasteiger partial charge is 0.478 e. The molecule has 1 aliphatic carbocycles. The Hall–Kier alpha value is -3.33. The van der Waals surface area contributed by atoms with Crippen LogP contribution >= 0.6 is 0 Å². The van der Waals surface area contributed by atoms with Crippen LogP contribution in [0.4, 0.5) is 17.2 Å². The van der Waals surface area contributed by atoms with Gasteiger partial charge in [0.2, 0.25) is 5.91 Å². The summed E-state index contributed by atoms with van der Waals surface area (Å²) in [7, 11) is 5.83. The molecule has 0 atom stereocenters. The molecule has 200 valence electrons. The van der Waals surface area contributed by atoms with Crippen LogP contribution in [-0.2, 0) is 16.6 Å². The van der Waals surface area contributed by atoms with E-state index >= 15 is 0 Å². The number of aliphatic hydroxyl groups is 1. The zero-order chi connectivity index (χ0) is 26.5. The summed E-state index contributed by atoms with van der Waals surface area (Å²) in [5.41, 5.74) is 3.03. The molecule has 1 amide bonds. The van der Waals surface area contributed by atoms with Crippen molar-refractivity contribution in [1.82, 2.24) is 9.78 Å². The Morgan fingerprint density at radius 2 is 1.70 bits per heavy atom. The van der Waals surface area contributed by atoms with Crippen molar-refractivity contribution in [1.29, 1.82) is 0 Å². The molecule has 2 fully saturated rings. The fourth-order valence-corrected chi connectivity index (χ4v) is 5.34. The van der Waals surface area contributed by atoms with Gasteiger partial charge in [0, 0.05) is 70.2 Å². The number of carbonyl (C=O) groups is 2. The van der Waals surface area contributed by atoms with Crippen molar-refractivity contribution in [2.24, 2.45) is 18.9 Å². The molecule has 0 unspecified atom stereocenters. The summed E-state index contributed by atoms with van der Waals surface area (Å²) in [4.78, 5) is 31.0. The number of hydrogen-bond acceptors (Lipinski definition) is 6. The van der Waals surface area contributed by atoms with Crippen molar-refractivity contribution in [3.63, 3.8) is 0 Å². The Balaban J connectivity index is 1.47. The van der Waals surface area contributed by atoms with Gasteiger partial charge in [0.25, 0.3) is 0 Å². The maximum atomic E-state index is 13.7. The molecular formula is C28H39N5O4. The number of aliphatic hydroxyl groups excluding tert-OH is 1. The van der Waals surface area contributed by atoms with Gasteiger partial charge in [-0.25, -0.2) is 4.79 Å². The number of amides is 1. The van der Waals surface area contributed by atoms with Gasteiger partial charge in [-0.2, -0.15) is 5.10 Å². The van der Waals surface area contributed by atoms with Gasteiger partial charge >= 0.3 is 5.97 Å². The first kappa shape index (κ1) is 26.7. The molecule has 1 aromatic carbocycles. The average Bonchev–Trinajstić information content (AvgIpc) is 3.26. The Morgan fingerprint density at radius 3 is 2.30 bits per heavy atom. The molecule has 4 rings (SSSR count). The van der Waals surface area contributed by atoms with Crippen molar-refractivity contribution < 1.29 is 19.8 Å². The third-order valence-corrected chi connectivity index (χ3v) is 7.67. The summed E-state index contributed by atoms with van der Waals surface area (Å²) in [5, 5.41) is 23.5. The maximum absolute atomic E-state index is 13.7. The van der Waals surface area contributed by atoms with Crippen LogP contribution in [0.2, 0.25) is 0 Å².